The first-order chi connectivity index (χ1) is 11.7. The van der Waals surface area contributed by atoms with Crippen molar-refractivity contribution < 1.29 is 13.9 Å². The van der Waals surface area contributed by atoms with E-state index in [0.29, 0.717) is 38.1 Å². The largest absolute Gasteiger partial charge is 0.494 e. The summed E-state index contributed by atoms with van der Waals surface area (Å²) in [6, 6.07) is 14.2. The van der Waals surface area contributed by atoms with Gasteiger partial charge in [-0.15, -0.1) is 0 Å². The van der Waals surface area contributed by atoms with Crippen molar-refractivity contribution in [3.8, 4) is 5.75 Å². The summed E-state index contributed by atoms with van der Waals surface area (Å²) in [5, 5.41) is 5.99. The van der Waals surface area contributed by atoms with Crippen LogP contribution in [0.4, 0.5) is 10.1 Å². The Hall–Kier alpha value is -2.56. The Morgan fingerprint density at radius 3 is 2.54 bits per heavy atom. The van der Waals surface area contributed by atoms with E-state index in [9.17, 15) is 9.18 Å². The average molecular weight is 330 g/mol. The van der Waals surface area contributed by atoms with Crippen LogP contribution in [-0.4, -0.2) is 25.6 Å². The van der Waals surface area contributed by atoms with Crippen molar-refractivity contribution in [2.45, 2.75) is 19.8 Å². The summed E-state index contributed by atoms with van der Waals surface area (Å²) in [5.74, 6) is 0.544. The maximum Gasteiger partial charge on any atom is 0.221 e. The van der Waals surface area contributed by atoms with Gasteiger partial charge in [0, 0.05) is 25.2 Å². The van der Waals surface area contributed by atoms with Crippen LogP contribution in [0.1, 0.15) is 18.9 Å². The van der Waals surface area contributed by atoms with Crippen LogP contribution < -0.4 is 15.4 Å². The second kappa shape index (κ2) is 9.55. The molecule has 2 rings (SSSR count). The van der Waals surface area contributed by atoms with E-state index in [1.807, 2.05) is 31.2 Å². The summed E-state index contributed by atoms with van der Waals surface area (Å²) in [4.78, 5) is 11.8. The van der Waals surface area contributed by atoms with Gasteiger partial charge >= 0.3 is 0 Å². The molecule has 0 atom stereocenters. The molecule has 2 N–H and O–H groups in total. The number of benzene rings is 2. The SMILES string of the molecule is CCOc1ccc(NCCC(=O)NCCc2ccccc2F)cc1. The quantitative estimate of drug-likeness (QED) is 0.741. The van der Waals surface area contributed by atoms with Crippen LogP contribution in [0.3, 0.4) is 0 Å². The Kier molecular flexibility index (Phi) is 7.08. The molecule has 0 fully saturated rings. The number of hydrogen-bond acceptors (Lipinski definition) is 3. The third-order valence-corrected chi connectivity index (χ3v) is 3.52. The predicted octanol–water partition coefficient (Wildman–Crippen LogP) is 3.39. The molecular weight excluding hydrogens is 307 g/mol. The van der Waals surface area contributed by atoms with Crippen LogP contribution in [0.25, 0.3) is 0 Å². The van der Waals surface area contributed by atoms with E-state index in [1.165, 1.54) is 6.07 Å². The molecule has 0 spiro atoms. The molecule has 0 aliphatic carbocycles. The lowest BCUT2D eigenvalue weighted by Gasteiger charge is -2.09. The highest BCUT2D eigenvalue weighted by atomic mass is 19.1. The van der Waals surface area contributed by atoms with Gasteiger partial charge in [-0.3, -0.25) is 4.79 Å². The van der Waals surface area contributed by atoms with Crippen molar-refractivity contribution >= 4 is 11.6 Å². The van der Waals surface area contributed by atoms with E-state index in [1.54, 1.807) is 18.2 Å². The molecule has 0 saturated carbocycles. The summed E-state index contributed by atoms with van der Waals surface area (Å²) in [6.45, 7) is 3.55. The smallest absolute Gasteiger partial charge is 0.221 e. The van der Waals surface area contributed by atoms with Crippen LogP contribution in [0, 0.1) is 5.82 Å². The molecule has 128 valence electrons. The van der Waals surface area contributed by atoms with Crippen molar-refractivity contribution in [1.82, 2.24) is 5.32 Å². The zero-order chi connectivity index (χ0) is 17.2. The van der Waals surface area contributed by atoms with Crippen molar-refractivity contribution in [2.75, 3.05) is 25.0 Å². The van der Waals surface area contributed by atoms with Gasteiger partial charge in [-0.2, -0.15) is 0 Å². The molecule has 2 aromatic carbocycles. The summed E-state index contributed by atoms with van der Waals surface area (Å²) in [5.41, 5.74) is 1.56. The maximum absolute atomic E-state index is 13.4. The molecule has 24 heavy (non-hydrogen) atoms. The van der Waals surface area contributed by atoms with Gasteiger partial charge in [-0.05, 0) is 49.2 Å². The Morgan fingerprint density at radius 1 is 1.08 bits per heavy atom. The minimum atomic E-state index is -0.232. The predicted molar refractivity (Wildman–Crippen MR) is 93.8 cm³/mol. The van der Waals surface area contributed by atoms with Crippen molar-refractivity contribution in [3.05, 3.63) is 59.9 Å². The first-order valence-electron chi connectivity index (χ1n) is 8.16. The fourth-order valence-electron chi connectivity index (χ4n) is 2.28. The number of amides is 1. The number of anilines is 1. The molecule has 0 aliphatic heterocycles. The van der Waals surface area contributed by atoms with Gasteiger partial charge in [-0.25, -0.2) is 4.39 Å². The van der Waals surface area contributed by atoms with Crippen LogP contribution in [0.2, 0.25) is 0 Å². The molecule has 1 amide bonds. The fourth-order valence-corrected chi connectivity index (χ4v) is 2.28. The topological polar surface area (TPSA) is 50.4 Å². The monoisotopic (exact) mass is 330 g/mol. The van der Waals surface area contributed by atoms with E-state index in [4.69, 9.17) is 4.74 Å². The molecule has 0 aromatic heterocycles. The van der Waals surface area contributed by atoms with Gasteiger partial charge in [0.15, 0.2) is 0 Å². The normalized spacial score (nSPS) is 10.2. The number of hydrogen-bond donors (Lipinski definition) is 2. The minimum Gasteiger partial charge on any atom is -0.494 e. The van der Waals surface area contributed by atoms with Gasteiger partial charge < -0.3 is 15.4 Å². The zero-order valence-corrected chi connectivity index (χ0v) is 13.8. The Morgan fingerprint density at radius 2 is 1.83 bits per heavy atom. The lowest BCUT2D eigenvalue weighted by Crippen LogP contribution is -2.27. The molecule has 0 radical (unpaired) electrons. The summed E-state index contributed by atoms with van der Waals surface area (Å²) in [7, 11) is 0. The zero-order valence-electron chi connectivity index (χ0n) is 13.8. The third kappa shape index (κ3) is 5.91. The van der Waals surface area contributed by atoms with E-state index in [0.717, 1.165) is 11.4 Å². The van der Waals surface area contributed by atoms with Crippen molar-refractivity contribution in [3.63, 3.8) is 0 Å². The molecular formula is C19H23FN2O2. The Bertz CT molecular complexity index is 644. The van der Waals surface area contributed by atoms with Gasteiger partial charge in [-0.1, -0.05) is 18.2 Å². The molecule has 0 saturated heterocycles. The maximum atomic E-state index is 13.4. The fraction of sp³-hybridized carbons (Fsp3) is 0.316. The lowest BCUT2D eigenvalue weighted by molar-refractivity contribution is -0.120. The summed E-state index contributed by atoms with van der Waals surface area (Å²) >= 11 is 0. The van der Waals surface area contributed by atoms with E-state index >= 15 is 0 Å². The number of halogens is 1. The van der Waals surface area contributed by atoms with Gasteiger partial charge in [0.1, 0.15) is 11.6 Å². The average Bonchev–Trinajstić information content (AvgIpc) is 2.58. The first kappa shape index (κ1) is 17.8. The van der Waals surface area contributed by atoms with Crippen molar-refractivity contribution in [1.29, 1.82) is 0 Å². The van der Waals surface area contributed by atoms with Gasteiger partial charge in [0.05, 0.1) is 6.61 Å². The third-order valence-electron chi connectivity index (χ3n) is 3.52. The molecule has 0 aliphatic rings. The molecule has 4 nitrogen and oxygen atoms in total. The second-order valence-corrected chi connectivity index (χ2v) is 5.33. The number of carbonyl (C=O) groups excluding carboxylic acids is 1. The van der Waals surface area contributed by atoms with Crippen LogP contribution in [0.5, 0.6) is 5.75 Å². The number of nitrogens with one attached hydrogen (secondary N) is 2. The molecule has 0 heterocycles. The van der Waals surface area contributed by atoms with Gasteiger partial charge in [0.25, 0.3) is 0 Å². The second-order valence-electron chi connectivity index (χ2n) is 5.33. The molecule has 2 aromatic rings. The Balaban J connectivity index is 1.63. The molecule has 5 heteroatoms. The Labute approximate surface area is 142 Å². The van der Waals surface area contributed by atoms with E-state index in [-0.39, 0.29) is 11.7 Å². The van der Waals surface area contributed by atoms with Crippen LogP contribution in [0.15, 0.2) is 48.5 Å². The summed E-state index contributed by atoms with van der Waals surface area (Å²) < 4.78 is 18.8. The first-order valence-corrected chi connectivity index (χ1v) is 8.16. The van der Waals surface area contributed by atoms with E-state index < -0.39 is 0 Å². The van der Waals surface area contributed by atoms with Crippen LogP contribution >= 0.6 is 0 Å². The molecule has 0 bridgehead atoms. The highest BCUT2D eigenvalue weighted by Gasteiger charge is 2.03. The van der Waals surface area contributed by atoms with Crippen LogP contribution in [-0.2, 0) is 11.2 Å². The highest BCUT2D eigenvalue weighted by molar-refractivity contribution is 5.76. The van der Waals surface area contributed by atoms with Gasteiger partial charge in [0.2, 0.25) is 5.91 Å². The number of carbonyl (C=O) groups is 1. The molecule has 0 unspecified atom stereocenters. The summed E-state index contributed by atoms with van der Waals surface area (Å²) in [6.07, 6.45) is 0.856. The minimum absolute atomic E-state index is 0.0511. The number of rotatable bonds is 9. The highest BCUT2D eigenvalue weighted by Crippen LogP contribution is 2.15. The standard InChI is InChI=1S/C19H23FN2O2/c1-2-24-17-9-7-16(8-10-17)21-14-12-19(23)22-13-11-15-5-3-4-6-18(15)20/h3-10,21H,2,11-14H2,1H3,(H,22,23). The van der Waals surface area contributed by atoms with E-state index in [2.05, 4.69) is 10.6 Å². The lowest BCUT2D eigenvalue weighted by atomic mass is 10.1. The number of ether oxygens (including phenoxy) is 1. The van der Waals surface area contributed by atoms with Crippen molar-refractivity contribution in [2.24, 2.45) is 0 Å².